The number of rotatable bonds is 6. The van der Waals surface area contributed by atoms with Crippen molar-refractivity contribution in [2.45, 2.75) is 26.7 Å². The Morgan fingerprint density at radius 1 is 1.40 bits per heavy atom. The van der Waals surface area contributed by atoms with Crippen LogP contribution in [0.25, 0.3) is 5.76 Å². The molecule has 0 fully saturated rings. The lowest BCUT2D eigenvalue weighted by atomic mass is 9.89. The molecule has 30 heavy (non-hydrogen) atoms. The molecule has 1 aromatic carbocycles. The lowest BCUT2D eigenvalue weighted by Gasteiger charge is -2.30. The van der Waals surface area contributed by atoms with E-state index in [4.69, 9.17) is 9.84 Å². The average molecular weight is 406 g/mol. The zero-order valence-corrected chi connectivity index (χ0v) is 16.8. The molecule has 2 aliphatic heterocycles. The Hall–Kier alpha value is -3.50. The van der Waals surface area contributed by atoms with Crippen molar-refractivity contribution in [2.24, 2.45) is 5.92 Å². The number of carbonyl (C=O) groups is 3. The van der Waals surface area contributed by atoms with E-state index in [1.807, 2.05) is 18.2 Å². The van der Waals surface area contributed by atoms with Crippen LogP contribution in [0.1, 0.15) is 42.6 Å². The van der Waals surface area contributed by atoms with Crippen LogP contribution in [0.4, 0.5) is 0 Å². The molecule has 1 aromatic rings. The van der Waals surface area contributed by atoms with Gasteiger partial charge in [-0.25, -0.2) is 0 Å². The summed E-state index contributed by atoms with van der Waals surface area (Å²) in [6.07, 6.45) is 4.18. The third-order valence-corrected chi connectivity index (χ3v) is 5.14. The summed E-state index contributed by atoms with van der Waals surface area (Å²) in [5.74, 6) is -0.783. The number of aliphatic hydroxyl groups excluding tert-OH is 1. The predicted molar refractivity (Wildman–Crippen MR) is 108 cm³/mol. The largest absolute Gasteiger partial charge is 0.461 e. The first-order valence-corrected chi connectivity index (χ1v) is 9.65. The second-order valence-corrected chi connectivity index (χ2v) is 7.16. The molecular formula is C23H22N2O5. The number of amides is 2. The van der Waals surface area contributed by atoms with E-state index in [1.54, 1.807) is 31.2 Å². The molecule has 7 nitrogen and oxygen atoms in total. The Bertz CT molecular complexity index is 1040. The van der Waals surface area contributed by atoms with Crippen LogP contribution < -0.4 is 0 Å². The molecule has 3 rings (SSSR count). The van der Waals surface area contributed by atoms with E-state index >= 15 is 0 Å². The normalized spacial score (nSPS) is 20.3. The van der Waals surface area contributed by atoms with Gasteiger partial charge in [0.05, 0.1) is 5.92 Å². The van der Waals surface area contributed by atoms with Crippen LogP contribution in [-0.2, 0) is 14.3 Å². The maximum absolute atomic E-state index is 12.9. The molecule has 2 amide bonds. The number of imide groups is 1. The number of aliphatic hydroxyl groups is 1. The van der Waals surface area contributed by atoms with Crippen LogP contribution in [0.2, 0.25) is 0 Å². The van der Waals surface area contributed by atoms with Gasteiger partial charge in [-0.2, -0.15) is 5.26 Å². The van der Waals surface area contributed by atoms with Crippen molar-refractivity contribution >= 4 is 23.4 Å². The average Bonchev–Trinajstić information content (AvgIpc) is 3.20. The number of benzene rings is 1. The van der Waals surface area contributed by atoms with Crippen molar-refractivity contribution in [3.63, 3.8) is 0 Å². The first kappa shape index (κ1) is 21.2. The number of ether oxygens (including phenoxy) is 1. The highest BCUT2D eigenvalue weighted by Crippen LogP contribution is 2.33. The number of carbonyl (C=O) groups excluding carboxylic acids is 3. The minimum Gasteiger partial charge on any atom is -0.461 e. The van der Waals surface area contributed by atoms with E-state index in [2.05, 4.69) is 0 Å². The first-order valence-electron chi connectivity index (χ1n) is 9.65. The summed E-state index contributed by atoms with van der Waals surface area (Å²) in [5.41, 5.74) is 1.66. The lowest BCUT2D eigenvalue weighted by molar-refractivity contribution is -0.145. The van der Waals surface area contributed by atoms with E-state index in [1.165, 1.54) is 6.92 Å². The minimum absolute atomic E-state index is 0.0450. The maximum Gasteiger partial charge on any atom is 0.271 e. The van der Waals surface area contributed by atoms with E-state index in [0.29, 0.717) is 29.1 Å². The molecular weight excluding hydrogens is 384 g/mol. The second-order valence-electron chi connectivity index (χ2n) is 7.16. The summed E-state index contributed by atoms with van der Waals surface area (Å²) in [5, 5.41) is 18.4. The molecule has 0 bridgehead atoms. The number of Topliss-reactive ketones (excluding diaryl/α,β-unsaturated/α-hetero) is 1. The van der Waals surface area contributed by atoms with Crippen LogP contribution in [0, 0.1) is 17.2 Å². The highest BCUT2D eigenvalue weighted by molar-refractivity contribution is 6.12. The van der Waals surface area contributed by atoms with Gasteiger partial charge in [0.25, 0.3) is 5.91 Å². The highest BCUT2D eigenvalue weighted by Gasteiger charge is 2.38. The van der Waals surface area contributed by atoms with Gasteiger partial charge in [-0.15, -0.1) is 0 Å². The second kappa shape index (κ2) is 8.89. The summed E-state index contributed by atoms with van der Waals surface area (Å²) in [7, 11) is 0. The fourth-order valence-corrected chi connectivity index (χ4v) is 3.46. The zero-order chi connectivity index (χ0) is 21.8. The fraction of sp³-hybridized carbons (Fsp3) is 0.304. The molecule has 0 saturated carbocycles. The van der Waals surface area contributed by atoms with E-state index in [9.17, 15) is 19.6 Å². The first-order chi connectivity index (χ1) is 14.4. The number of allylic oxidation sites excluding steroid dienone is 1. The Balaban J connectivity index is 1.86. The molecule has 7 heteroatoms. The molecule has 1 unspecified atom stereocenters. The topological polar surface area (TPSA) is 108 Å². The highest BCUT2D eigenvalue weighted by atomic mass is 16.5. The smallest absolute Gasteiger partial charge is 0.271 e. The van der Waals surface area contributed by atoms with Crippen LogP contribution in [0.3, 0.4) is 0 Å². The van der Waals surface area contributed by atoms with Crippen molar-refractivity contribution in [1.29, 1.82) is 5.26 Å². The molecule has 154 valence electrons. The number of hydrogen-bond donors (Lipinski definition) is 1. The van der Waals surface area contributed by atoms with E-state index in [0.717, 1.165) is 10.5 Å². The van der Waals surface area contributed by atoms with E-state index < -0.39 is 17.7 Å². The molecule has 1 N–H and O–H groups in total. The van der Waals surface area contributed by atoms with E-state index in [-0.39, 0.29) is 30.9 Å². The Kier molecular flexibility index (Phi) is 6.28. The van der Waals surface area contributed by atoms with Gasteiger partial charge in [-0.05, 0) is 44.1 Å². The molecule has 0 radical (unpaired) electrons. The summed E-state index contributed by atoms with van der Waals surface area (Å²) in [6.45, 7) is 2.98. The molecule has 0 aliphatic carbocycles. The molecule has 2 aliphatic rings. The number of nitrogens with zero attached hydrogens (tertiary/aromatic N) is 2. The monoisotopic (exact) mass is 406 g/mol. The van der Waals surface area contributed by atoms with Crippen LogP contribution in [-0.4, -0.2) is 40.8 Å². The summed E-state index contributed by atoms with van der Waals surface area (Å²) >= 11 is 0. The number of hydrogen-bond acceptors (Lipinski definition) is 6. The summed E-state index contributed by atoms with van der Waals surface area (Å²) in [4.78, 5) is 38.0. The van der Waals surface area contributed by atoms with Crippen molar-refractivity contribution < 1.29 is 24.2 Å². The van der Waals surface area contributed by atoms with Crippen molar-refractivity contribution in [3.8, 4) is 6.07 Å². The predicted octanol–water partition coefficient (Wildman–Crippen LogP) is 2.74. The summed E-state index contributed by atoms with van der Waals surface area (Å²) < 4.78 is 5.90. The Labute approximate surface area is 174 Å². The number of nitriles is 1. The molecule has 1 atom stereocenters. The molecule has 0 aromatic heterocycles. The van der Waals surface area contributed by atoms with Crippen molar-refractivity contribution in [1.82, 2.24) is 4.90 Å². The number of ketones is 1. The Morgan fingerprint density at radius 3 is 2.83 bits per heavy atom. The van der Waals surface area contributed by atoms with Crippen LogP contribution >= 0.6 is 0 Å². The standard InChI is InChI=1S/C23H22N2O5/c1-14-19(22(28)25(9-4-10-26)23(29)20(14)13-24)12-18-7-8-21(30-18)17-6-3-5-16(11-17)15(2)27/h3,5-6,8,11-12,19,26H,4,7,9-10H2,1-2H3. The van der Waals surface area contributed by atoms with Crippen LogP contribution in [0.5, 0.6) is 0 Å². The van der Waals surface area contributed by atoms with Gasteiger partial charge in [0.1, 0.15) is 23.2 Å². The quantitative estimate of drug-likeness (QED) is 0.575. The van der Waals surface area contributed by atoms with Gasteiger partial charge >= 0.3 is 0 Å². The van der Waals surface area contributed by atoms with Gasteiger partial charge < -0.3 is 9.84 Å². The van der Waals surface area contributed by atoms with Crippen molar-refractivity contribution in [2.75, 3.05) is 13.2 Å². The molecule has 0 saturated heterocycles. The maximum atomic E-state index is 12.9. The van der Waals surface area contributed by atoms with Gasteiger partial charge in [0.2, 0.25) is 5.91 Å². The summed E-state index contributed by atoms with van der Waals surface area (Å²) in [6, 6.07) is 8.98. The Morgan fingerprint density at radius 2 is 2.17 bits per heavy atom. The van der Waals surface area contributed by atoms with Gasteiger partial charge in [-0.3, -0.25) is 19.3 Å². The van der Waals surface area contributed by atoms with Crippen LogP contribution in [0.15, 0.2) is 53.3 Å². The SMILES string of the molecule is CC(=O)c1cccc(C2=CCC(=CC3C(=O)N(CCCO)C(=O)C(C#N)=C3C)O2)c1. The lowest BCUT2D eigenvalue weighted by Crippen LogP contribution is -2.46. The molecule has 0 spiro atoms. The fourth-order valence-electron chi connectivity index (χ4n) is 3.46. The minimum atomic E-state index is -0.789. The van der Waals surface area contributed by atoms with Crippen molar-refractivity contribution in [3.05, 3.63) is 64.4 Å². The third-order valence-electron chi connectivity index (χ3n) is 5.14. The zero-order valence-electron chi connectivity index (χ0n) is 16.8. The van der Waals surface area contributed by atoms with Gasteiger partial charge in [0, 0.05) is 30.7 Å². The molecule has 2 heterocycles. The van der Waals surface area contributed by atoms with Gasteiger partial charge in [0.15, 0.2) is 5.78 Å². The van der Waals surface area contributed by atoms with Gasteiger partial charge in [-0.1, -0.05) is 18.2 Å². The third kappa shape index (κ3) is 4.09.